The van der Waals surface area contributed by atoms with Gasteiger partial charge in [-0.1, -0.05) is 0 Å². The van der Waals surface area contributed by atoms with Crippen LogP contribution in [0.25, 0.3) is 0 Å². The summed E-state index contributed by atoms with van der Waals surface area (Å²) in [6.07, 6.45) is 1.48. The van der Waals surface area contributed by atoms with Crippen LogP contribution in [0.2, 0.25) is 0 Å². The number of nitrogens with zero attached hydrogens (tertiary/aromatic N) is 1. The molecule has 60 valence electrons. The van der Waals surface area contributed by atoms with Gasteiger partial charge in [-0.2, -0.15) is 5.10 Å². The molecule has 0 amide bonds. The van der Waals surface area contributed by atoms with Crippen LogP contribution in [0.4, 0.5) is 0 Å². The Morgan fingerprint density at radius 1 is 1.91 bits per heavy atom. The van der Waals surface area contributed by atoms with Gasteiger partial charge in [0.25, 0.3) is 0 Å². The Labute approximate surface area is 70.5 Å². The molecule has 2 N–H and O–H groups in total. The minimum absolute atomic E-state index is 0.326. The fourth-order valence-corrected chi connectivity index (χ4v) is 0.800. The van der Waals surface area contributed by atoms with Crippen LogP contribution in [0.3, 0.4) is 0 Å². The SMILES string of the molecule is O=C(O)COc1[nH]ncc1Br. The van der Waals surface area contributed by atoms with Gasteiger partial charge in [-0.15, -0.1) is 0 Å². The van der Waals surface area contributed by atoms with E-state index in [1.807, 2.05) is 0 Å². The number of ether oxygens (including phenoxy) is 1. The molecule has 0 fully saturated rings. The van der Waals surface area contributed by atoms with E-state index in [1.165, 1.54) is 6.20 Å². The molecule has 0 spiro atoms. The van der Waals surface area contributed by atoms with Crippen molar-refractivity contribution in [3.63, 3.8) is 0 Å². The number of carboxylic acid groups (broad SMARTS) is 1. The minimum Gasteiger partial charge on any atom is -0.479 e. The molecule has 11 heavy (non-hydrogen) atoms. The molecule has 0 atom stereocenters. The summed E-state index contributed by atoms with van der Waals surface area (Å²) < 4.78 is 5.38. The van der Waals surface area contributed by atoms with Gasteiger partial charge < -0.3 is 9.84 Å². The Morgan fingerprint density at radius 2 is 2.64 bits per heavy atom. The largest absolute Gasteiger partial charge is 0.479 e. The molecule has 0 saturated carbocycles. The zero-order chi connectivity index (χ0) is 8.27. The second kappa shape index (κ2) is 3.38. The van der Waals surface area contributed by atoms with Gasteiger partial charge in [-0.05, 0) is 15.9 Å². The van der Waals surface area contributed by atoms with Gasteiger partial charge in [-0.3, -0.25) is 0 Å². The monoisotopic (exact) mass is 220 g/mol. The fourth-order valence-electron chi connectivity index (χ4n) is 0.495. The van der Waals surface area contributed by atoms with E-state index in [4.69, 9.17) is 9.84 Å². The molecule has 0 radical (unpaired) electrons. The van der Waals surface area contributed by atoms with E-state index in [-0.39, 0.29) is 6.61 Å². The number of halogens is 1. The topological polar surface area (TPSA) is 75.2 Å². The van der Waals surface area contributed by atoms with Crippen LogP contribution in [0.5, 0.6) is 5.88 Å². The summed E-state index contributed by atoms with van der Waals surface area (Å²) in [6.45, 7) is -0.374. The van der Waals surface area contributed by atoms with Crippen molar-refractivity contribution in [1.29, 1.82) is 0 Å². The predicted molar refractivity (Wildman–Crippen MR) is 39.4 cm³/mol. The lowest BCUT2D eigenvalue weighted by molar-refractivity contribution is -0.139. The Balaban J connectivity index is 2.51. The molecule has 0 aliphatic heterocycles. The second-order valence-electron chi connectivity index (χ2n) is 1.73. The predicted octanol–water partition coefficient (Wildman–Crippen LogP) is 0.636. The van der Waals surface area contributed by atoms with Crippen LogP contribution in [0.15, 0.2) is 10.7 Å². The normalized spacial score (nSPS) is 9.55. The van der Waals surface area contributed by atoms with Gasteiger partial charge in [0.1, 0.15) is 0 Å². The van der Waals surface area contributed by atoms with E-state index >= 15 is 0 Å². The van der Waals surface area contributed by atoms with Gasteiger partial charge in [0.15, 0.2) is 6.61 Å². The Hall–Kier alpha value is -1.04. The zero-order valence-electron chi connectivity index (χ0n) is 5.37. The lowest BCUT2D eigenvalue weighted by atomic mass is 10.7. The third-order valence-electron chi connectivity index (χ3n) is 0.901. The van der Waals surface area contributed by atoms with Crippen molar-refractivity contribution in [3.05, 3.63) is 10.7 Å². The van der Waals surface area contributed by atoms with Gasteiger partial charge in [0, 0.05) is 0 Å². The molecular formula is C5H5BrN2O3. The number of carboxylic acids is 1. The average molecular weight is 221 g/mol. The quantitative estimate of drug-likeness (QED) is 0.784. The van der Waals surface area contributed by atoms with Gasteiger partial charge in [0.05, 0.1) is 10.7 Å². The van der Waals surface area contributed by atoms with Gasteiger partial charge in [-0.25, -0.2) is 9.89 Å². The van der Waals surface area contributed by atoms with Crippen molar-refractivity contribution in [2.24, 2.45) is 0 Å². The van der Waals surface area contributed by atoms with E-state index in [9.17, 15) is 4.79 Å². The van der Waals surface area contributed by atoms with Crippen molar-refractivity contribution < 1.29 is 14.6 Å². The number of aromatic nitrogens is 2. The number of nitrogens with one attached hydrogen (secondary N) is 1. The minimum atomic E-state index is -1.02. The number of H-pyrrole nitrogens is 1. The highest BCUT2D eigenvalue weighted by Crippen LogP contribution is 2.19. The molecule has 0 bridgehead atoms. The Bertz CT molecular complexity index is 260. The van der Waals surface area contributed by atoms with Crippen LogP contribution >= 0.6 is 15.9 Å². The molecule has 6 heteroatoms. The lowest BCUT2D eigenvalue weighted by Gasteiger charge is -1.97. The molecule has 1 heterocycles. The molecule has 1 aromatic rings. The maximum Gasteiger partial charge on any atom is 0.341 e. The first kappa shape index (κ1) is 8.06. The van der Waals surface area contributed by atoms with E-state index in [1.54, 1.807) is 0 Å². The molecule has 0 saturated heterocycles. The molecule has 0 aliphatic carbocycles. The van der Waals surface area contributed by atoms with Crippen LogP contribution in [0.1, 0.15) is 0 Å². The highest BCUT2D eigenvalue weighted by atomic mass is 79.9. The molecular weight excluding hydrogens is 216 g/mol. The number of hydrogen-bond donors (Lipinski definition) is 2. The van der Waals surface area contributed by atoms with Crippen LogP contribution in [-0.2, 0) is 4.79 Å². The molecule has 1 rings (SSSR count). The number of aliphatic carboxylic acids is 1. The standard InChI is InChI=1S/C5H5BrN2O3/c6-3-1-7-8-5(3)11-2-4(9)10/h1H,2H2,(H,7,8)(H,9,10). The summed E-state index contributed by atoms with van der Waals surface area (Å²) in [7, 11) is 0. The smallest absolute Gasteiger partial charge is 0.341 e. The summed E-state index contributed by atoms with van der Waals surface area (Å²) in [6, 6.07) is 0. The molecule has 1 aromatic heterocycles. The summed E-state index contributed by atoms with van der Waals surface area (Å²) in [5.41, 5.74) is 0. The average Bonchev–Trinajstić information content (AvgIpc) is 2.31. The van der Waals surface area contributed by atoms with E-state index in [0.717, 1.165) is 0 Å². The molecule has 5 nitrogen and oxygen atoms in total. The zero-order valence-corrected chi connectivity index (χ0v) is 6.96. The lowest BCUT2D eigenvalue weighted by Crippen LogP contribution is -2.09. The van der Waals surface area contributed by atoms with Crippen LogP contribution in [0, 0.1) is 0 Å². The summed E-state index contributed by atoms with van der Waals surface area (Å²) in [4.78, 5) is 10.0. The summed E-state index contributed by atoms with van der Waals surface area (Å²) in [5, 5.41) is 14.3. The van der Waals surface area contributed by atoms with E-state index in [2.05, 4.69) is 26.1 Å². The summed E-state index contributed by atoms with van der Waals surface area (Å²) >= 11 is 3.10. The fraction of sp³-hybridized carbons (Fsp3) is 0.200. The first-order chi connectivity index (χ1) is 5.20. The van der Waals surface area contributed by atoms with E-state index in [0.29, 0.717) is 10.4 Å². The number of rotatable bonds is 3. The van der Waals surface area contributed by atoms with Gasteiger partial charge >= 0.3 is 5.97 Å². The first-order valence-corrected chi connectivity index (χ1v) is 3.53. The highest BCUT2D eigenvalue weighted by molar-refractivity contribution is 9.10. The Kier molecular flexibility index (Phi) is 2.48. The molecule has 0 aromatic carbocycles. The van der Waals surface area contributed by atoms with Crippen LogP contribution < -0.4 is 4.74 Å². The maximum absolute atomic E-state index is 10.0. The number of carbonyl (C=O) groups is 1. The molecule has 0 unspecified atom stereocenters. The number of aromatic amines is 1. The van der Waals surface area contributed by atoms with Crippen LogP contribution in [-0.4, -0.2) is 27.9 Å². The van der Waals surface area contributed by atoms with Crippen molar-refractivity contribution in [3.8, 4) is 5.88 Å². The second-order valence-corrected chi connectivity index (χ2v) is 2.58. The third kappa shape index (κ3) is 2.23. The first-order valence-electron chi connectivity index (χ1n) is 2.73. The van der Waals surface area contributed by atoms with Crippen molar-refractivity contribution >= 4 is 21.9 Å². The highest BCUT2D eigenvalue weighted by Gasteiger charge is 2.04. The summed E-state index contributed by atoms with van der Waals surface area (Å²) in [5.74, 6) is -0.695. The van der Waals surface area contributed by atoms with Crippen molar-refractivity contribution in [2.75, 3.05) is 6.61 Å². The van der Waals surface area contributed by atoms with Crippen molar-refractivity contribution in [1.82, 2.24) is 10.2 Å². The third-order valence-corrected chi connectivity index (χ3v) is 1.47. The number of hydrogen-bond acceptors (Lipinski definition) is 3. The van der Waals surface area contributed by atoms with E-state index < -0.39 is 5.97 Å². The van der Waals surface area contributed by atoms with Crippen molar-refractivity contribution in [2.45, 2.75) is 0 Å². The van der Waals surface area contributed by atoms with Gasteiger partial charge in [0.2, 0.25) is 5.88 Å². The Morgan fingerprint density at radius 3 is 3.09 bits per heavy atom. The molecule has 0 aliphatic rings. The maximum atomic E-state index is 10.0.